The Hall–Kier alpha value is -3.09. The second-order valence-corrected chi connectivity index (χ2v) is 7.54. The van der Waals surface area contributed by atoms with Crippen molar-refractivity contribution in [1.82, 2.24) is 4.90 Å². The molecule has 3 rings (SSSR count). The average molecular weight is 399 g/mol. The third kappa shape index (κ3) is 4.50. The number of carbonyl (C=O) groups excluding carboxylic acids is 2. The van der Waals surface area contributed by atoms with Crippen LogP contribution in [0.5, 0.6) is 5.75 Å². The molecule has 1 aliphatic rings. The van der Waals surface area contributed by atoms with Gasteiger partial charge in [-0.15, -0.1) is 0 Å². The summed E-state index contributed by atoms with van der Waals surface area (Å²) in [6.07, 6.45) is 0. The van der Waals surface area contributed by atoms with Gasteiger partial charge in [-0.3, -0.25) is 9.59 Å². The van der Waals surface area contributed by atoms with E-state index < -0.39 is 17.1 Å². The lowest BCUT2D eigenvalue weighted by atomic mass is 9.89. The van der Waals surface area contributed by atoms with Gasteiger partial charge in [0, 0.05) is 31.9 Å². The fourth-order valence-electron chi connectivity index (χ4n) is 3.29. The summed E-state index contributed by atoms with van der Waals surface area (Å²) in [4.78, 5) is 29.6. The van der Waals surface area contributed by atoms with Gasteiger partial charge in [0.25, 0.3) is 0 Å². The van der Waals surface area contributed by atoms with Gasteiger partial charge in [-0.1, -0.05) is 12.1 Å². The predicted molar refractivity (Wildman–Crippen MR) is 111 cm³/mol. The molecule has 0 bridgehead atoms. The van der Waals surface area contributed by atoms with Crippen molar-refractivity contribution in [2.45, 2.75) is 13.8 Å². The molecular weight excluding hydrogens is 373 g/mol. The number of para-hydroxylation sites is 1. The zero-order valence-corrected chi connectivity index (χ0v) is 16.9. The molecule has 1 saturated heterocycles. The maximum Gasteiger partial charge on any atom is 0.239 e. The van der Waals surface area contributed by atoms with Crippen molar-refractivity contribution >= 4 is 23.2 Å². The minimum absolute atomic E-state index is 0.0719. The molecule has 0 atom stereocenters. The topological polar surface area (TPSA) is 61.9 Å². The molecule has 6 nitrogen and oxygen atoms in total. The Bertz CT molecular complexity index is 875. The fourth-order valence-corrected chi connectivity index (χ4v) is 3.29. The van der Waals surface area contributed by atoms with Gasteiger partial charge in [0.15, 0.2) is 0 Å². The van der Waals surface area contributed by atoms with Crippen LogP contribution in [-0.4, -0.2) is 50.0 Å². The van der Waals surface area contributed by atoms with Crippen LogP contribution in [0.3, 0.4) is 0 Å². The van der Waals surface area contributed by atoms with E-state index in [4.69, 9.17) is 4.74 Å². The van der Waals surface area contributed by atoms with Crippen molar-refractivity contribution in [2.75, 3.05) is 43.5 Å². The van der Waals surface area contributed by atoms with Gasteiger partial charge in [-0.25, -0.2) is 4.39 Å². The quantitative estimate of drug-likeness (QED) is 0.785. The number of amides is 2. The maximum atomic E-state index is 13.8. The Morgan fingerprint density at radius 2 is 1.62 bits per heavy atom. The standard InChI is InChI=1S/C22H26FN3O3/c1-22(2,20(27)24-19-7-5-4-6-18(19)23)21(28)26-14-12-25(13-15-26)16-8-10-17(29-3)11-9-16/h4-11H,12-15H2,1-3H3,(H,24,27). The molecule has 2 aromatic carbocycles. The van der Waals surface area contributed by atoms with Crippen LogP contribution >= 0.6 is 0 Å². The second-order valence-electron chi connectivity index (χ2n) is 7.54. The Morgan fingerprint density at radius 3 is 2.21 bits per heavy atom. The first-order chi connectivity index (χ1) is 13.8. The molecule has 1 fully saturated rings. The molecule has 154 valence electrons. The Kier molecular flexibility index (Phi) is 6.06. The fraction of sp³-hybridized carbons (Fsp3) is 0.364. The highest BCUT2D eigenvalue weighted by Crippen LogP contribution is 2.25. The van der Waals surface area contributed by atoms with Crippen molar-refractivity contribution in [3.05, 3.63) is 54.3 Å². The average Bonchev–Trinajstić information content (AvgIpc) is 2.75. The summed E-state index contributed by atoms with van der Waals surface area (Å²) in [5.74, 6) is -0.520. The third-order valence-corrected chi connectivity index (χ3v) is 5.23. The molecule has 2 amide bonds. The van der Waals surface area contributed by atoms with E-state index in [0.717, 1.165) is 11.4 Å². The van der Waals surface area contributed by atoms with Crippen LogP contribution in [0.25, 0.3) is 0 Å². The molecule has 1 aliphatic heterocycles. The van der Waals surface area contributed by atoms with Crippen LogP contribution in [0.4, 0.5) is 15.8 Å². The summed E-state index contributed by atoms with van der Waals surface area (Å²) < 4.78 is 19.0. The number of hydrogen-bond donors (Lipinski definition) is 1. The van der Waals surface area contributed by atoms with Crippen LogP contribution in [0, 0.1) is 11.2 Å². The Morgan fingerprint density at radius 1 is 1.00 bits per heavy atom. The molecule has 0 saturated carbocycles. The predicted octanol–water partition coefficient (Wildman–Crippen LogP) is 3.15. The smallest absolute Gasteiger partial charge is 0.239 e. The molecule has 0 unspecified atom stereocenters. The molecule has 0 aromatic heterocycles. The van der Waals surface area contributed by atoms with E-state index in [1.807, 2.05) is 24.3 Å². The largest absolute Gasteiger partial charge is 0.497 e. The van der Waals surface area contributed by atoms with E-state index >= 15 is 0 Å². The first-order valence-corrected chi connectivity index (χ1v) is 9.57. The third-order valence-electron chi connectivity index (χ3n) is 5.23. The summed E-state index contributed by atoms with van der Waals surface area (Å²) in [6.45, 7) is 5.51. The van der Waals surface area contributed by atoms with Crippen LogP contribution < -0.4 is 15.0 Å². The highest BCUT2D eigenvalue weighted by atomic mass is 19.1. The van der Waals surface area contributed by atoms with Crippen LogP contribution in [0.15, 0.2) is 48.5 Å². The lowest BCUT2D eigenvalue weighted by molar-refractivity contribution is -0.146. The summed E-state index contributed by atoms with van der Waals surface area (Å²) in [6, 6.07) is 13.7. The molecule has 1 N–H and O–H groups in total. The van der Waals surface area contributed by atoms with Gasteiger partial charge in [0.05, 0.1) is 12.8 Å². The van der Waals surface area contributed by atoms with Gasteiger partial charge in [0.2, 0.25) is 11.8 Å². The van der Waals surface area contributed by atoms with Gasteiger partial charge in [-0.2, -0.15) is 0 Å². The number of carbonyl (C=O) groups is 2. The first-order valence-electron chi connectivity index (χ1n) is 9.57. The van der Waals surface area contributed by atoms with Gasteiger partial charge in [0.1, 0.15) is 17.0 Å². The van der Waals surface area contributed by atoms with Crippen molar-refractivity contribution in [1.29, 1.82) is 0 Å². The molecule has 7 heteroatoms. The number of halogens is 1. The van der Waals surface area contributed by atoms with Crippen molar-refractivity contribution in [3.63, 3.8) is 0 Å². The summed E-state index contributed by atoms with van der Waals surface area (Å²) in [7, 11) is 1.63. The zero-order valence-electron chi connectivity index (χ0n) is 16.9. The van der Waals surface area contributed by atoms with E-state index in [2.05, 4.69) is 10.2 Å². The number of nitrogens with zero attached hydrogens (tertiary/aromatic N) is 2. The number of anilines is 2. The molecular formula is C22H26FN3O3. The lowest BCUT2D eigenvalue weighted by Gasteiger charge is -2.39. The van der Waals surface area contributed by atoms with Crippen LogP contribution in [-0.2, 0) is 9.59 Å². The number of nitrogens with one attached hydrogen (secondary N) is 1. The van der Waals surface area contributed by atoms with E-state index in [1.165, 1.54) is 12.1 Å². The summed E-state index contributed by atoms with van der Waals surface area (Å²) in [5, 5.41) is 2.53. The number of hydrogen-bond acceptors (Lipinski definition) is 4. The number of methoxy groups -OCH3 is 1. The maximum absolute atomic E-state index is 13.8. The molecule has 29 heavy (non-hydrogen) atoms. The highest BCUT2D eigenvalue weighted by Gasteiger charge is 2.40. The van der Waals surface area contributed by atoms with E-state index in [0.29, 0.717) is 26.2 Å². The first kappa shape index (κ1) is 20.6. The highest BCUT2D eigenvalue weighted by molar-refractivity contribution is 6.09. The molecule has 2 aromatic rings. The van der Waals surface area contributed by atoms with Gasteiger partial charge in [-0.05, 0) is 50.2 Å². The number of benzene rings is 2. The number of ether oxygens (including phenoxy) is 1. The zero-order chi connectivity index (χ0) is 21.0. The van der Waals surface area contributed by atoms with Gasteiger partial charge < -0.3 is 19.9 Å². The van der Waals surface area contributed by atoms with E-state index in [1.54, 1.807) is 38.0 Å². The Labute approximate surface area is 170 Å². The van der Waals surface area contributed by atoms with E-state index in [-0.39, 0.29) is 11.6 Å². The summed E-state index contributed by atoms with van der Waals surface area (Å²) in [5.41, 5.74) is -0.165. The minimum atomic E-state index is -1.30. The molecule has 0 spiro atoms. The lowest BCUT2D eigenvalue weighted by Crippen LogP contribution is -2.54. The Balaban J connectivity index is 1.61. The van der Waals surface area contributed by atoms with Crippen LogP contribution in [0.2, 0.25) is 0 Å². The normalized spacial score (nSPS) is 14.5. The van der Waals surface area contributed by atoms with Crippen LogP contribution in [0.1, 0.15) is 13.8 Å². The van der Waals surface area contributed by atoms with Crippen molar-refractivity contribution < 1.29 is 18.7 Å². The molecule has 0 aliphatic carbocycles. The summed E-state index contributed by atoms with van der Waals surface area (Å²) >= 11 is 0. The number of piperazine rings is 1. The van der Waals surface area contributed by atoms with E-state index in [9.17, 15) is 14.0 Å². The van der Waals surface area contributed by atoms with Crippen molar-refractivity contribution in [3.8, 4) is 5.75 Å². The SMILES string of the molecule is COc1ccc(N2CCN(C(=O)C(C)(C)C(=O)Nc3ccccc3F)CC2)cc1. The molecule has 1 heterocycles. The second kappa shape index (κ2) is 8.51. The van der Waals surface area contributed by atoms with Gasteiger partial charge >= 0.3 is 0 Å². The van der Waals surface area contributed by atoms with Crippen molar-refractivity contribution in [2.24, 2.45) is 5.41 Å². The minimum Gasteiger partial charge on any atom is -0.497 e. The molecule has 0 radical (unpaired) electrons. The monoisotopic (exact) mass is 399 g/mol. The number of rotatable bonds is 5.